The van der Waals surface area contributed by atoms with Gasteiger partial charge in [-0.05, 0) is 42.8 Å². The summed E-state index contributed by atoms with van der Waals surface area (Å²) in [7, 11) is 0. The van der Waals surface area contributed by atoms with E-state index in [1.54, 1.807) is 6.92 Å². The number of phenolic OH excluding ortho intramolecular Hbond substituents is 1. The minimum Gasteiger partial charge on any atom is -0.507 e. The largest absolute Gasteiger partial charge is 0.507 e. The Labute approximate surface area is 110 Å². The Kier molecular flexibility index (Phi) is 3.51. The molecule has 0 unspecified atom stereocenters. The van der Waals surface area contributed by atoms with Gasteiger partial charge in [0.25, 0.3) is 0 Å². The summed E-state index contributed by atoms with van der Waals surface area (Å²) in [5, 5.41) is 12.5. The molecule has 0 aliphatic carbocycles. The Morgan fingerprint density at radius 1 is 1.11 bits per heavy atom. The highest BCUT2D eigenvalue weighted by Crippen LogP contribution is 2.29. The molecule has 0 aliphatic rings. The van der Waals surface area contributed by atoms with Crippen LogP contribution in [0.3, 0.4) is 0 Å². The van der Waals surface area contributed by atoms with Crippen LogP contribution in [0, 0.1) is 18.6 Å². The molecule has 0 amide bonds. The van der Waals surface area contributed by atoms with Crippen LogP contribution >= 0.6 is 0 Å². The standard InChI is InChI=1S/C15H13F2NO/c1-9-3-8-13(19)14(15(9)17)10(2)18-12-6-4-11(16)5-7-12/h3-8,18-19H,2H2,1H3. The van der Waals surface area contributed by atoms with Crippen molar-refractivity contribution >= 4 is 11.4 Å². The smallest absolute Gasteiger partial charge is 0.139 e. The maximum absolute atomic E-state index is 14.0. The maximum atomic E-state index is 14.0. The van der Waals surface area contributed by atoms with E-state index in [1.165, 1.54) is 36.4 Å². The van der Waals surface area contributed by atoms with Crippen molar-refractivity contribution in [3.05, 3.63) is 65.7 Å². The summed E-state index contributed by atoms with van der Waals surface area (Å²) in [5.74, 6) is -1.08. The van der Waals surface area contributed by atoms with E-state index in [9.17, 15) is 13.9 Å². The first-order chi connectivity index (χ1) is 8.99. The Bertz CT molecular complexity index is 621. The Morgan fingerprint density at radius 3 is 2.37 bits per heavy atom. The van der Waals surface area contributed by atoms with Crippen LogP contribution in [0.2, 0.25) is 0 Å². The van der Waals surface area contributed by atoms with Gasteiger partial charge in [0, 0.05) is 11.4 Å². The number of hydrogen-bond acceptors (Lipinski definition) is 2. The minimum absolute atomic E-state index is 0.0179. The molecule has 2 aromatic carbocycles. The van der Waals surface area contributed by atoms with Crippen LogP contribution in [0.4, 0.5) is 14.5 Å². The van der Waals surface area contributed by atoms with Crippen molar-refractivity contribution in [3.8, 4) is 5.75 Å². The monoisotopic (exact) mass is 261 g/mol. The van der Waals surface area contributed by atoms with E-state index in [0.717, 1.165) is 0 Å². The maximum Gasteiger partial charge on any atom is 0.139 e. The van der Waals surface area contributed by atoms with Gasteiger partial charge in [-0.1, -0.05) is 12.6 Å². The first kappa shape index (κ1) is 13.1. The Morgan fingerprint density at radius 2 is 1.74 bits per heavy atom. The number of halogens is 2. The second-order valence-electron chi connectivity index (χ2n) is 4.20. The number of nitrogens with one attached hydrogen (secondary N) is 1. The summed E-state index contributed by atoms with van der Waals surface area (Å²) >= 11 is 0. The number of aryl methyl sites for hydroxylation is 1. The lowest BCUT2D eigenvalue weighted by Gasteiger charge is -2.13. The van der Waals surface area contributed by atoms with Crippen molar-refractivity contribution in [1.29, 1.82) is 0 Å². The van der Waals surface area contributed by atoms with Gasteiger partial charge in [0.15, 0.2) is 0 Å². The van der Waals surface area contributed by atoms with Crippen molar-refractivity contribution < 1.29 is 13.9 Å². The zero-order valence-corrected chi connectivity index (χ0v) is 10.4. The van der Waals surface area contributed by atoms with Crippen molar-refractivity contribution in [1.82, 2.24) is 0 Å². The van der Waals surface area contributed by atoms with E-state index in [1.807, 2.05) is 0 Å². The lowest BCUT2D eigenvalue weighted by atomic mass is 10.1. The molecular formula is C15H13F2NO. The lowest BCUT2D eigenvalue weighted by Crippen LogP contribution is -2.01. The molecular weight excluding hydrogens is 248 g/mol. The molecule has 0 heterocycles. The van der Waals surface area contributed by atoms with Gasteiger partial charge >= 0.3 is 0 Å². The van der Waals surface area contributed by atoms with Gasteiger partial charge in [-0.2, -0.15) is 0 Å². The summed E-state index contributed by atoms with van der Waals surface area (Å²) in [6.45, 7) is 5.30. The fraction of sp³-hybridized carbons (Fsp3) is 0.0667. The third-order valence-corrected chi connectivity index (χ3v) is 2.75. The van der Waals surface area contributed by atoms with Crippen LogP contribution in [0.1, 0.15) is 11.1 Å². The molecule has 0 radical (unpaired) electrons. The van der Waals surface area contributed by atoms with Crippen LogP contribution in [0.15, 0.2) is 43.0 Å². The highest BCUT2D eigenvalue weighted by molar-refractivity contribution is 5.78. The number of rotatable bonds is 3. The van der Waals surface area contributed by atoms with E-state index in [-0.39, 0.29) is 22.8 Å². The van der Waals surface area contributed by atoms with Crippen LogP contribution in [0.25, 0.3) is 5.70 Å². The molecule has 4 heteroatoms. The number of hydrogen-bond donors (Lipinski definition) is 2. The zero-order valence-electron chi connectivity index (χ0n) is 10.4. The summed E-state index contributed by atoms with van der Waals surface area (Å²) in [5.41, 5.74) is 1.20. The van der Waals surface area contributed by atoms with Crippen LogP contribution < -0.4 is 5.32 Å². The number of benzene rings is 2. The van der Waals surface area contributed by atoms with Crippen LogP contribution in [-0.4, -0.2) is 5.11 Å². The summed E-state index contributed by atoms with van der Waals surface area (Å²) < 4.78 is 26.7. The van der Waals surface area contributed by atoms with E-state index in [2.05, 4.69) is 11.9 Å². The highest BCUT2D eigenvalue weighted by atomic mass is 19.1. The van der Waals surface area contributed by atoms with Gasteiger partial charge in [0.2, 0.25) is 0 Å². The first-order valence-corrected chi connectivity index (χ1v) is 5.69. The molecule has 0 saturated carbocycles. The predicted molar refractivity (Wildman–Crippen MR) is 71.9 cm³/mol. The predicted octanol–water partition coefficient (Wildman–Crippen LogP) is 4.06. The normalized spacial score (nSPS) is 10.3. The summed E-state index contributed by atoms with van der Waals surface area (Å²) in [6.07, 6.45) is 0. The fourth-order valence-electron chi connectivity index (χ4n) is 1.73. The third kappa shape index (κ3) is 2.73. The molecule has 0 aromatic heterocycles. The topological polar surface area (TPSA) is 32.3 Å². The molecule has 0 atom stereocenters. The molecule has 19 heavy (non-hydrogen) atoms. The molecule has 0 fully saturated rings. The van der Waals surface area contributed by atoms with E-state index < -0.39 is 5.82 Å². The van der Waals surface area contributed by atoms with Gasteiger partial charge in [0.1, 0.15) is 17.4 Å². The second kappa shape index (κ2) is 5.10. The van der Waals surface area contributed by atoms with Crippen LogP contribution in [-0.2, 0) is 0 Å². The van der Waals surface area contributed by atoms with Crippen molar-refractivity contribution in [2.45, 2.75) is 6.92 Å². The summed E-state index contributed by atoms with van der Waals surface area (Å²) in [6, 6.07) is 8.46. The van der Waals surface area contributed by atoms with E-state index >= 15 is 0 Å². The molecule has 98 valence electrons. The van der Waals surface area contributed by atoms with Gasteiger partial charge in [-0.3, -0.25) is 0 Å². The minimum atomic E-state index is -0.528. The summed E-state index contributed by atoms with van der Waals surface area (Å²) in [4.78, 5) is 0. The molecule has 2 nitrogen and oxygen atoms in total. The molecule has 2 rings (SSSR count). The average Bonchev–Trinajstić information content (AvgIpc) is 2.37. The fourth-order valence-corrected chi connectivity index (χ4v) is 1.73. The van der Waals surface area contributed by atoms with Gasteiger partial charge in [0.05, 0.1) is 5.56 Å². The molecule has 0 spiro atoms. The Hall–Kier alpha value is -2.36. The van der Waals surface area contributed by atoms with E-state index in [4.69, 9.17) is 0 Å². The average molecular weight is 261 g/mol. The molecule has 2 aromatic rings. The first-order valence-electron chi connectivity index (χ1n) is 5.69. The van der Waals surface area contributed by atoms with Crippen molar-refractivity contribution in [3.63, 3.8) is 0 Å². The van der Waals surface area contributed by atoms with Crippen molar-refractivity contribution in [2.24, 2.45) is 0 Å². The molecule has 2 N–H and O–H groups in total. The van der Waals surface area contributed by atoms with Gasteiger partial charge in [-0.15, -0.1) is 0 Å². The number of aromatic hydroxyl groups is 1. The quantitative estimate of drug-likeness (QED) is 0.873. The Balaban J connectivity index is 2.30. The molecule has 0 bridgehead atoms. The third-order valence-electron chi connectivity index (χ3n) is 2.75. The second-order valence-corrected chi connectivity index (χ2v) is 4.20. The SMILES string of the molecule is C=C(Nc1ccc(F)cc1)c1c(O)ccc(C)c1F. The number of anilines is 1. The molecule has 0 aliphatic heterocycles. The zero-order chi connectivity index (χ0) is 14.0. The lowest BCUT2D eigenvalue weighted by molar-refractivity contribution is 0.466. The van der Waals surface area contributed by atoms with Gasteiger partial charge in [-0.25, -0.2) is 8.78 Å². The van der Waals surface area contributed by atoms with Crippen LogP contribution in [0.5, 0.6) is 5.75 Å². The van der Waals surface area contributed by atoms with Gasteiger partial charge < -0.3 is 10.4 Å². The molecule has 0 saturated heterocycles. The number of phenols is 1. The van der Waals surface area contributed by atoms with Crippen molar-refractivity contribution in [2.75, 3.05) is 5.32 Å². The van der Waals surface area contributed by atoms with E-state index in [0.29, 0.717) is 11.3 Å². The highest BCUT2D eigenvalue weighted by Gasteiger charge is 2.14.